The molecule has 0 saturated heterocycles. The van der Waals surface area contributed by atoms with Crippen LogP contribution in [0, 0.1) is 0 Å². The van der Waals surface area contributed by atoms with E-state index in [4.69, 9.17) is 14.2 Å². The first-order chi connectivity index (χ1) is 14.6. The van der Waals surface area contributed by atoms with E-state index in [9.17, 15) is 4.79 Å². The number of carbonyl (C=O) groups excluding carboxylic acids is 1. The lowest BCUT2D eigenvalue weighted by molar-refractivity contribution is 0.0935. The van der Waals surface area contributed by atoms with Crippen LogP contribution in [0.3, 0.4) is 0 Å². The summed E-state index contributed by atoms with van der Waals surface area (Å²) in [5, 5.41) is 3.10. The van der Waals surface area contributed by atoms with Gasteiger partial charge in [0.1, 0.15) is 12.4 Å². The van der Waals surface area contributed by atoms with Crippen LogP contribution in [0.5, 0.6) is 17.2 Å². The van der Waals surface area contributed by atoms with Crippen LogP contribution in [-0.4, -0.2) is 20.1 Å². The van der Waals surface area contributed by atoms with Crippen molar-refractivity contribution in [3.05, 3.63) is 89.5 Å². The predicted octanol–water partition coefficient (Wildman–Crippen LogP) is 5.16. The predicted molar refractivity (Wildman–Crippen MR) is 117 cm³/mol. The molecule has 0 spiro atoms. The Morgan fingerprint density at radius 3 is 2.37 bits per heavy atom. The van der Waals surface area contributed by atoms with Crippen molar-refractivity contribution >= 4 is 5.91 Å². The van der Waals surface area contributed by atoms with Gasteiger partial charge in [-0.2, -0.15) is 0 Å². The Hall–Kier alpha value is -3.47. The summed E-state index contributed by atoms with van der Waals surface area (Å²) in [4.78, 5) is 12.9. The highest BCUT2D eigenvalue weighted by atomic mass is 16.5. The SMILES string of the molecule is CCC(NC(=O)c1cccc(OCc2ccccc2)c1)c1ccc(OC)c(OC)c1. The molecule has 30 heavy (non-hydrogen) atoms. The molecule has 0 saturated carbocycles. The topological polar surface area (TPSA) is 56.8 Å². The molecule has 3 aromatic carbocycles. The minimum Gasteiger partial charge on any atom is -0.493 e. The van der Waals surface area contributed by atoms with Crippen molar-refractivity contribution in [2.75, 3.05) is 14.2 Å². The number of benzene rings is 3. The fraction of sp³-hybridized carbons (Fsp3) is 0.240. The first-order valence-corrected chi connectivity index (χ1v) is 9.94. The standard InChI is InChI=1S/C25H27NO4/c1-4-22(19-13-14-23(28-2)24(16-19)29-3)26-25(27)20-11-8-12-21(15-20)30-17-18-9-6-5-7-10-18/h5-16,22H,4,17H2,1-3H3,(H,26,27). The van der Waals surface area contributed by atoms with E-state index in [0.717, 1.165) is 17.5 Å². The Bertz CT molecular complexity index is 972. The number of hydrogen-bond acceptors (Lipinski definition) is 4. The number of nitrogens with one attached hydrogen (secondary N) is 1. The average molecular weight is 405 g/mol. The summed E-state index contributed by atoms with van der Waals surface area (Å²) in [6.07, 6.45) is 0.741. The van der Waals surface area contributed by atoms with E-state index >= 15 is 0 Å². The number of hydrogen-bond donors (Lipinski definition) is 1. The van der Waals surface area contributed by atoms with Gasteiger partial charge in [-0.05, 0) is 47.9 Å². The number of rotatable bonds is 9. The Labute approximate surface area is 177 Å². The lowest BCUT2D eigenvalue weighted by atomic mass is 10.0. The Balaban J connectivity index is 1.69. The van der Waals surface area contributed by atoms with Crippen molar-refractivity contribution in [1.82, 2.24) is 5.32 Å². The second-order valence-electron chi connectivity index (χ2n) is 6.85. The van der Waals surface area contributed by atoms with Crippen LogP contribution < -0.4 is 19.5 Å². The smallest absolute Gasteiger partial charge is 0.251 e. The summed E-state index contributed by atoms with van der Waals surface area (Å²) in [6, 6.07) is 22.7. The quantitative estimate of drug-likeness (QED) is 0.534. The average Bonchev–Trinajstić information content (AvgIpc) is 2.81. The molecule has 156 valence electrons. The van der Waals surface area contributed by atoms with E-state index in [1.54, 1.807) is 26.4 Å². The highest BCUT2D eigenvalue weighted by Gasteiger charge is 2.17. The zero-order chi connectivity index (χ0) is 21.3. The van der Waals surface area contributed by atoms with Crippen molar-refractivity contribution in [1.29, 1.82) is 0 Å². The second-order valence-corrected chi connectivity index (χ2v) is 6.85. The van der Waals surface area contributed by atoms with Crippen LogP contribution in [0.25, 0.3) is 0 Å². The molecule has 5 heteroatoms. The monoisotopic (exact) mass is 405 g/mol. The molecule has 1 N–H and O–H groups in total. The summed E-state index contributed by atoms with van der Waals surface area (Å²) in [6.45, 7) is 2.48. The van der Waals surface area contributed by atoms with Crippen LogP contribution >= 0.6 is 0 Å². The molecule has 0 aromatic heterocycles. The fourth-order valence-electron chi connectivity index (χ4n) is 3.20. The second kappa shape index (κ2) is 10.3. The van der Waals surface area contributed by atoms with Crippen LogP contribution in [0.2, 0.25) is 0 Å². The minimum absolute atomic E-state index is 0.147. The van der Waals surface area contributed by atoms with Gasteiger partial charge in [0.2, 0.25) is 0 Å². The molecule has 0 bridgehead atoms. The third-order valence-corrected chi connectivity index (χ3v) is 4.87. The van der Waals surface area contributed by atoms with E-state index < -0.39 is 0 Å². The number of amides is 1. The molecule has 1 amide bonds. The zero-order valence-electron chi connectivity index (χ0n) is 17.6. The molecule has 3 rings (SSSR count). The van der Waals surface area contributed by atoms with Crippen LogP contribution in [0.15, 0.2) is 72.8 Å². The van der Waals surface area contributed by atoms with Crippen LogP contribution in [0.4, 0.5) is 0 Å². The zero-order valence-corrected chi connectivity index (χ0v) is 17.6. The van der Waals surface area contributed by atoms with Gasteiger partial charge >= 0.3 is 0 Å². The highest BCUT2D eigenvalue weighted by molar-refractivity contribution is 5.94. The molecule has 1 unspecified atom stereocenters. The van der Waals surface area contributed by atoms with Gasteiger partial charge in [0.25, 0.3) is 5.91 Å². The van der Waals surface area contributed by atoms with Gasteiger partial charge in [0.15, 0.2) is 11.5 Å². The van der Waals surface area contributed by atoms with Gasteiger partial charge < -0.3 is 19.5 Å². The van der Waals surface area contributed by atoms with Gasteiger partial charge in [0.05, 0.1) is 20.3 Å². The van der Waals surface area contributed by atoms with Crippen LogP contribution in [0.1, 0.15) is 40.9 Å². The Kier molecular flexibility index (Phi) is 7.33. The maximum absolute atomic E-state index is 12.9. The van der Waals surface area contributed by atoms with Crippen molar-refractivity contribution in [3.8, 4) is 17.2 Å². The molecule has 0 aliphatic rings. The van der Waals surface area contributed by atoms with Gasteiger partial charge in [-0.1, -0.05) is 49.4 Å². The highest BCUT2D eigenvalue weighted by Crippen LogP contribution is 2.31. The van der Waals surface area contributed by atoms with Crippen molar-refractivity contribution in [2.24, 2.45) is 0 Å². The van der Waals surface area contributed by atoms with Crippen molar-refractivity contribution in [3.63, 3.8) is 0 Å². The first kappa shape index (κ1) is 21.2. The molecular formula is C25H27NO4. The maximum Gasteiger partial charge on any atom is 0.251 e. The Morgan fingerprint density at radius 1 is 0.900 bits per heavy atom. The van der Waals surface area contributed by atoms with E-state index in [1.807, 2.05) is 67.6 Å². The summed E-state index contributed by atoms with van der Waals surface area (Å²) >= 11 is 0. The van der Waals surface area contributed by atoms with Crippen molar-refractivity contribution in [2.45, 2.75) is 26.0 Å². The molecule has 1 atom stereocenters. The molecule has 0 aliphatic heterocycles. The summed E-state index contributed by atoms with van der Waals surface area (Å²) < 4.78 is 16.5. The summed E-state index contributed by atoms with van der Waals surface area (Å²) in [5.41, 5.74) is 2.59. The number of carbonyl (C=O) groups is 1. The molecule has 5 nitrogen and oxygen atoms in total. The number of ether oxygens (including phenoxy) is 3. The normalized spacial score (nSPS) is 11.4. The Morgan fingerprint density at radius 2 is 1.67 bits per heavy atom. The largest absolute Gasteiger partial charge is 0.493 e. The third kappa shape index (κ3) is 5.32. The van der Waals surface area contributed by atoms with Crippen LogP contribution in [-0.2, 0) is 6.61 Å². The molecular weight excluding hydrogens is 378 g/mol. The lowest BCUT2D eigenvalue weighted by Gasteiger charge is -2.19. The molecule has 0 fully saturated rings. The number of methoxy groups -OCH3 is 2. The molecule has 0 aliphatic carbocycles. The third-order valence-electron chi connectivity index (χ3n) is 4.87. The van der Waals surface area contributed by atoms with E-state index in [-0.39, 0.29) is 11.9 Å². The summed E-state index contributed by atoms with van der Waals surface area (Å²) in [5.74, 6) is 1.80. The van der Waals surface area contributed by atoms with E-state index in [1.165, 1.54) is 0 Å². The lowest BCUT2D eigenvalue weighted by Crippen LogP contribution is -2.28. The van der Waals surface area contributed by atoms with Gasteiger partial charge in [-0.25, -0.2) is 0 Å². The van der Waals surface area contributed by atoms with Gasteiger partial charge in [-0.15, -0.1) is 0 Å². The van der Waals surface area contributed by atoms with Gasteiger partial charge in [0, 0.05) is 5.56 Å². The van der Waals surface area contributed by atoms with Crippen molar-refractivity contribution < 1.29 is 19.0 Å². The van der Waals surface area contributed by atoms with E-state index in [0.29, 0.717) is 29.4 Å². The van der Waals surface area contributed by atoms with E-state index in [2.05, 4.69) is 5.32 Å². The molecule has 0 radical (unpaired) electrons. The first-order valence-electron chi connectivity index (χ1n) is 9.94. The summed E-state index contributed by atoms with van der Waals surface area (Å²) in [7, 11) is 3.20. The molecule has 0 heterocycles. The maximum atomic E-state index is 12.9. The fourth-order valence-corrected chi connectivity index (χ4v) is 3.20. The minimum atomic E-state index is -0.151. The molecule has 3 aromatic rings. The van der Waals surface area contributed by atoms with Gasteiger partial charge in [-0.3, -0.25) is 4.79 Å².